The first kappa shape index (κ1) is 13.9. The Morgan fingerprint density at radius 1 is 1.39 bits per heavy atom. The summed E-state index contributed by atoms with van der Waals surface area (Å²) in [5, 5.41) is 8.54. The van der Waals surface area contributed by atoms with E-state index in [0.29, 0.717) is 0 Å². The third-order valence-electron chi connectivity index (χ3n) is 1.71. The van der Waals surface area contributed by atoms with E-state index >= 15 is 0 Å². The Balaban J connectivity index is 3.37. The molecule has 0 amide bonds. The van der Waals surface area contributed by atoms with Crippen LogP contribution in [0, 0.1) is 0 Å². The average molecular weight is 273 g/mol. The molecule has 2 N–H and O–H groups in total. The Kier molecular flexibility index (Phi) is 3.58. The average Bonchev–Trinajstić information content (AvgIpc) is 2.17. The first-order chi connectivity index (χ1) is 8.11. The lowest BCUT2D eigenvalue weighted by atomic mass is 10.2. The van der Waals surface area contributed by atoms with E-state index in [1.165, 1.54) is 4.98 Å². The molecule has 0 saturated heterocycles. The number of carboxylic acids is 1. The Bertz CT molecular complexity index is 521. The molecule has 0 atom stereocenters. The van der Waals surface area contributed by atoms with Gasteiger partial charge in [0.25, 0.3) is 12.0 Å². The highest BCUT2D eigenvalue weighted by atomic mass is 19.4. The van der Waals surface area contributed by atoms with Gasteiger partial charge in [0.15, 0.2) is 5.75 Å². The summed E-state index contributed by atoms with van der Waals surface area (Å²) in [5.41, 5.74) is -4.07. The lowest BCUT2D eigenvalue weighted by Gasteiger charge is -2.10. The van der Waals surface area contributed by atoms with Crippen LogP contribution in [-0.2, 0) is 0 Å². The Morgan fingerprint density at radius 2 is 1.94 bits per heavy atom. The molecule has 0 fully saturated rings. The minimum absolute atomic E-state index is 0.0934. The second-order valence-electron chi connectivity index (χ2n) is 2.94. The van der Waals surface area contributed by atoms with Crippen molar-refractivity contribution in [1.29, 1.82) is 0 Å². The van der Waals surface area contributed by atoms with Crippen LogP contribution in [0.5, 0.6) is 5.75 Å². The number of ether oxygens (including phenoxy) is 1. The molecule has 0 aliphatic carbocycles. The highest BCUT2D eigenvalue weighted by molar-refractivity contribution is 5.89. The van der Waals surface area contributed by atoms with Crippen LogP contribution in [0.15, 0.2) is 10.9 Å². The van der Waals surface area contributed by atoms with Crippen LogP contribution < -0.4 is 10.3 Å². The second-order valence-corrected chi connectivity index (χ2v) is 2.94. The number of aromatic nitrogens is 1. The van der Waals surface area contributed by atoms with Crippen LogP contribution in [0.3, 0.4) is 0 Å². The molecule has 0 aliphatic rings. The van der Waals surface area contributed by atoms with Gasteiger partial charge in [-0.1, -0.05) is 0 Å². The van der Waals surface area contributed by atoms with Gasteiger partial charge >= 0.3 is 12.3 Å². The van der Waals surface area contributed by atoms with Crippen molar-refractivity contribution in [1.82, 2.24) is 4.98 Å². The van der Waals surface area contributed by atoms with Crippen LogP contribution in [0.25, 0.3) is 0 Å². The van der Waals surface area contributed by atoms with Crippen LogP contribution >= 0.6 is 0 Å². The summed E-state index contributed by atoms with van der Waals surface area (Å²) in [6, 6.07) is 0.0934. The van der Waals surface area contributed by atoms with Crippen molar-refractivity contribution in [3.63, 3.8) is 0 Å². The molecule has 0 aromatic carbocycles. The van der Waals surface area contributed by atoms with E-state index in [0.717, 1.165) is 0 Å². The first-order valence-corrected chi connectivity index (χ1v) is 4.16. The fourth-order valence-corrected chi connectivity index (χ4v) is 1.08. The number of rotatable bonds is 3. The largest absolute Gasteiger partial charge is 0.573 e. The smallest absolute Gasteiger partial charge is 0.478 e. The molecule has 0 spiro atoms. The molecule has 10 heteroatoms. The molecule has 0 aliphatic heterocycles. The van der Waals surface area contributed by atoms with Gasteiger partial charge in [-0.3, -0.25) is 4.79 Å². The van der Waals surface area contributed by atoms with Crippen molar-refractivity contribution in [3.8, 4) is 5.75 Å². The number of halogens is 5. The zero-order chi connectivity index (χ0) is 14.1. The molecule has 0 unspecified atom stereocenters. The number of hydrogen-bond acceptors (Lipinski definition) is 3. The van der Waals surface area contributed by atoms with Crippen LogP contribution in [0.4, 0.5) is 22.0 Å². The van der Waals surface area contributed by atoms with Crippen molar-refractivity contribution in [2.45, 2.75) is 12.8 Å². The topological polar surface area (TPSA) is 79.4 Å². The highest BCUT2D eigenvalue weighted by Crippen LogP contribution is 2.25. The van der Waals surface area contributed by atoms with Crippen molar-refractivity contribution in [2.24, 2.45) is 0 Å². The number of alkyl halides is 5. The highest BCUT2D eigenvalue weighted by Gasteiger charge is 2.33. The van der Waals surface area contributed by atoms with Crippen LogP contribution in [0.2, 0.25) is 0 Å². The van der Waals surface area contributed by atoms with Crippen LogP contribution in [0.1, 0.15) is 22.5 Å². The zero-order valence-corrected chi connectivity index (χ0v) is 8.22. The summed E-state index contributed by atoms with van der Waals surface area (Å²) in [7, 11) is 0. The number of carboxylic acid groups (broad SMARTS) is 1. The minimum atomic E-state index is -5.24. The monoisotopic (exact) mass is 273 g/mol. The number of pyridine rings is 1. The van der Waals surface area contributed by atoms with Gasteiger partial charge in [-0.05, 0) is 0 Å². The number of nitrogens with one attached hydrogen (secondary N) is 1. The third kappa shape index (κ3) is 3.18. The van der Waals surface area contributed by atoms with Crippen molar-refractivity contribution < 1.29 is 36.6 Å². The van der Waals surface area contributed by atoms with E-state index in [4.69, 9.17) is 5.11 Å². The molecule has 5 nitrogen and oxygen atoms in total. The number of aromatic amines is 1. The number of aromatic carboxylic acids is 1. The van der Waals surface area contributed by atoms with Gasteiger partial charge in [0.2, 0.25) is 0 Å². The Morgan fingerprint density at radius 3 is 2.33 bits per heavy atom. The molecular weight excluding hydrogens is 269 g/mol. The van der Waals surface area contributed by atoms with Gasteiger partial charge in [-0.15, -0.1) is 13.2 Å². The maximum atomic E-state index is 12.3. The van der Waals surface area contributed by atoms with Gasteiger partial charge in [0.05, 0.1) is 11.3 Å². The maximum absolute atomic E-state index is 12.3. The van der Waals surface area contributed by atoms with Gasteiger partial charge in [-0.25, -0.2) is 13.6 Å². The SMILES string of the molecule is O=C(O)c1cc(OC(F)(F)F)c(=O)[nH]c1C(F)F. The van der Waals surface area contributed by atoms with E-state index in [-0.39, 0.29) is 6.07 Å². The summed E-state index contributed by atoms with van der Waals surface area (Å²) in [4.78, 5) is 22.9. The maximum Gasteiger partial charge on any atom is 0.573 e. The number of carbonyl (C=O) groups is 1. The summed E-state index contributed by atoms with van der Waals surface area (Å²) < 4.78 is 63.4. The van der Waals surface area contributed by atoms with Crippen molar-refractivity contribution >= 4 is 5.97 Å². The lowest BCUT2D eigenvalue weighted by Crippen LogP contribution is -2.24. The van der Waals surface area contributed by atoms with Gasteiger partial charge in [0, 0.05) is 6.07 Å². The second kappa shape index (κ2) is 4.63. The molecule has 18 heavy (non-hydrogen) atoms. The molecule has 1 aromatic rings. The van der Waals surface area contributed by atoms with Crippen LogP contribution in [-0.4, -0.2) is 22.4 Å². The Labute approximate surface area is 94.8 Å². The summed E-state index contributed by atoms with van der Waals surface area (Å²) in [6.45, 7) is 0. The molecule has 100 valence electrons. The standard InChI is InChI=1S/C8H4F5NO4/c9-5(10)4-2(7(16)17)1-3(6(15)14-4)18-8(11,12)13/h1,5H,(H,14,15)(H,16,17). The molecule has 1 rings (SSSR count). The lowest BCUT2D eigenvalue weighted by molar-refractivity contribution is -0.275. The molecule has 1 heterocycles. The predicted octanol–water partition coefficient (Wildman–Crippen LogP) is 1.91. The van der Waals surface area contributed by atoms with E-state index in [1.54, 1.807) is 0 Å². The van der Waals surface area contributed by atoms with E-state index in [9.17, 15) is 31.5 Å². The predicted molar refractivity (Wildman–Crippen MR) is 45.7 cm³/mol. The summed E-state index contributed by atoms with van der Waals surface area (Å²) in [6.07, 6.45) is -8.60. The molecule has 1 aromatic heterocycles. The zero-order valence-electron chi connectivity index (χ0n) is 8.22. The molecule has 0 radical (unpaired) electrons. The van der Waals surface area contributed by atoms with Gasteiger partial charge < -0.3 is 14.8 Å². The number of hydrogen-bond donors (Lipinski definition) is 2. The van der Waals surface area contributed by atoms with Gasteiger partial charge in [0.1, 0.15) is 0 Å². The van der Waals surface area contributed by atoms with E-state index in [1.807, 2.05) is 0 Å². The molecule has 0 bridgehead atoms. The number of H-pyrrole nitrogens is 1. The normalized spacial score (nSPS) is 11.7. The van der Waals surface area contributed by atoms with Crippen molar-refractivity contribution in [3.05, 3.63) is 27.7 Å². The fraction of sp³-hybridized carbons (Fsp3) is 0.250. The Hall–Kier alpha value is -2.13. The third-order valence-corrected chi connectivity index (χ3v) is 1.71. The fourth-order valence-electron chi connectivity index (χ4n) is 1.08. The van der Waals surface area contributed by atoms with E-state index in [2.05, 4.69) is 4.74 Å². The first-order valence-electron chi connectivity index (χ1n) is 4.16. The van der Waals surface area contributed by atoms with E-state index < -0.39 is 41.3 Å². The van der Waals surface area contributed by atoms with Crippen molar-refractivity contribution in [2.75, 3.05) is 0 Å². The minimum Gasteiger partial charge on any atom is -0.478 e. The molecule has 0 saturated carbocycles. The summed E-state index contributed by atoms with van der Waals surface area (Å²) >= 11 is 0. The molecular formula is C8H4F5NO4. The quantitative estimate of drug-likeness (QED) is 0.824. The van der Waals surface area contributed by atoms with Gasteiger partial charge in [-0.2, -0.15) is 0 Å². The summed E-state index contributed by atoms with van der Waals surface area (Å²) in [5.74, 6) is -3.35.